The number of hydrogen-bond acceptors (Lipinski definition) is 4. The lowest BCUT2D eigenvalue weighted by atomic mass is 9.82. The van der Waals surface area contributed by atoms with E-state index in [1.165, 1.54) is 19.3 Å². The van der Waals surface area contributed by atoms with Gasteiger partial charge >= 0.3 is 0 Å². The number of amides is 1. The second-order valence-corrected chi connectivity index (χ2v) is 7.89. The molecular weight excluding hydrogens is 316 g/mol. The van der Waals surface area contributed by atoms with Crippen LogP contribution >= 0.6 is 0 Å². The predicted octanol–water partition coefficient (Wildman–Crippen LogP) is 1.95. The fraction of sp³-hybridized carbons (Fsp3) is 0.850. The minimum absolute atomic E-state index is 0.272. The van der Waals surface area contributed by atoms with Crippen LogP contribution in [0.4, 0.5) is 0 Å². The first-order chi connectivity index (χ1) is 11.8. The first-order valence-electron chi connectivity index (χ1n) is 9.70. The highest BCUT2D eigenvalue weighted by Gasteiger charge is 2.31. The molecule has 1 amide bonds. The summed E-state index contributed by atoms with van der Waals surface area (Å²) in [4.78, 5) is 12.4. The Hall–Kier alpha value is -1.09. The lowest BCUT2D eigenvalue weighted by Crippen LogP contribution is -2.53. The van der Waals surface area contributed by atoms with Crippen LogP contribution in [-0.2, 0) is 4.79 Å². The molecule has 4 atom stereocenters. The van der Waals surface area contributed by atoms with Gasteiger partial charge in [0.15, 0.2) is 0 Å². The van der Waals surface area contributed by atoms with Crippen molar-refractivity contribution in [3.63, 3.8) is 0 Å². The number of rotatable bonds is 10. The number of hydrogen-bond donors (Lipinski definition) is 4. The average molecular weight is 353 g/mol. The van der Waals surface area contributed by atoms with E-state index in [2.05, 4.69) is 11.2 Å². The molecule has 0 saturated heterocycles. The van der Waals surface area contributed by atoms with E-state index in [4.69, 9.17) is 12.2 Å². The molecule has 1 saturated carbocycles. The molecule has 1 aliphatic rings. The molecule has 1 aliphatic carbocycles. The monoisotopic (exact) mass is 352 g/mol. The highest BCUT2D eigenvalue weighted by molar-refractivity contribution is 5.81. The quantitative estimate of drug-likeness (QED) is 0.452. The van der Waals surface area contributed by atoms with E-state index in [0.717, 1.165) is 12.8 Å². The van der Waals surface area contributed by atoms with Gasteiger partial charge in [-0.3, -0.25) is 4.79 Å². The fourth-order valence-corrected chi connectivity index (χ4v) is 3.62. The van der Waals surface area contributed by atoms with Crippen molar-refractivity contribution in [3.8, 4) is 12.3 Å². The maximum absolute atomic E-state index is 12.4. The molecule has 5 heteroatoms. The maximum Gasteiger partial charge on any atom is 0.237 e. The molecule has 0 radical (unpaired) electrons. The van der Waals surface area contributed by atoms with E-state index in [1.807, 2.05) is 13.8 Å². The number of carbonyl (C=O) groups excluding carboxylic acids is 1. The minimum atomic E-state index is -0.979. The maximum atomic E-state index is 12.4. The van der Waals surface area contributed by atoms with Crippen LogP contribution in [0.15, 0.2) is 0 Å². The molecule has 25 heavy (non-hydrogen) atoms. The highest BCUT2D eigenvalue weighted by atomic mass is 16.3. The molecule has 0 bridgehead atoms. The van der Waals surface area contributed by atoms with Gasteiger partial charge in [0.2, 0.25) is 5.91 Å². The summed E-state index contributed by atoms with van der Waals surface area (Å²) >= 11 is 0. The molecule has 1 fully saturated rings. The van der Waals surface area contributed by atoms with Gasteiger partial charge in [-0.25, -0.2) is 0 Å². The summed E-state index contributed by atoms with van der Waals surface area (Å²) in [6.07, 6.45) is 11.3. The lowest BCUT2D eigenvalue weighted by molar-refractivity contribution is -0.125. The number of nitrogens with one attached hydrogen (secondary N) is 1. The molecule has 0 spiro atoms. The number of terminal acetylenes is 1. The van der Waals surface area contributed by atoms with E-state index in [9.17, 15) is 15.0 Å². The van der Waals surface area contributed by atoms with Gasteiger partial charge in [-0.15, -0.1) is 12.3 Å². The predicted molar refractivity (Wildman–Crippen MR) is 101 cm³/mol. The average Bonchev–Trinajstić information content (AvgIpc) is 2.58. The van der Waals surface area contributed by atoms with Crippen molar-refractivity contribution in [2.24, 2.45) is 17.6 Å². The summed E-state index contributed by atoms with van der Waals surface area (Å²) in [7, 11) is 0. The van der Waals surface area contributed by atoms with Gasteiger partial charge in [0, 0.05) is 6.42 Å². The Morgan fingerprint density at radius 2 is 1.92 bits per heavy atom. The van der Waals surface area contributed by atoms with E-state index in [1.54, 1.807) is 0 Å². The lowest BCUT2D eigenvalue weighted by Gasteiger charge is -2.33. The van der Waals surface area contributed by atoms with Gasteiger partial charge in [0.05, 0.1) is 18.2 Å². The van der Waals surface area contributed by atoms with Crippen molar-refractivity contribution in [2.75, 3.05) is 0 Å². The first-order valence-corrected chi connectivity index (χ1v) is 9.70. The molecular formula is C20H36N2O3. The molecule has 0 aliphatic heterocycles. The van der Waals surface area contributed by atoms with Crippen LogP contribution < -0.4 is 11.1 Å². The minimum Gasteiger partial charge on any atom is -0.390 e. The molecule has 0 aromatic rings. The number of carbonyl (C=O) groups is 1. The second kappa shape index (κ2) is 11.5. The van der Waals surface area contributed by atoms with Crippen LogP contribution in [0.3, 0.4) is 0 Å². The van der Waals surface area contributed by atoms with Gasteiger partial charge in [-0.2, -0.15) is 0 Å². The summed E-state index contributed by atoms with van der Waals surface area (Å²) in [5, 5.41) is 23.8. The third kappa shape index (κ3) is 8.22. The molecule has 5 nitrogen and oxygen atoms in total. The van der Waals surface area contributed by atoms with Gasteiger partial charge < -0.3 is 21.3 Å². The van der Waals surface area contributed by atoms with Gasteiger partial charge in [0.25, 0.3) is 0 Å². The molecule has 0 aromatic heterocycles. The van der Waals surface area contributed by atoms with Gasteiger partial charge in [-0.05, 0) is 31.1 Å². The Morgan fingerprint density at radius 1 is 1.28 bits per heavy atom. The Labute approximate surface area is 152 Å². The van der Waals surface area contributed by atoms with Crippen LogP contribution in [0, 0.1) is 24.2 Å². The molecule has 0 heterocycles. The van der Waals surface area contributed by atoms with E-state index >= 15 is 0 Å². The zero-order valence-electron chi connectivity index (χ0n) is 15.8. The highest BCUT2D eigenvalue weighted by Crippen LogP contribution is 2.29. The summed E-state index contributed by atoms with van der Waals surface area (Å²) in [6, 6.07) is -1.15. The second-order valence-electron chi connectivity index (χ2n) is 7.89. The standard InChI is InChI=1S/C20H36N2O3/c1-4-5-11-16(21)20(25)22-17(13-15-9-7-6-8-10-15)19(24)18(23)12-14(2)3/h1,14-19,23-24H,5-13,21H2,2-3H3,(H,22,25)/t16-,17?,18-,19+/m0/s1. The van der Waals surface area contributed by atoms with Crippen molar-refractivity contribution in [2.45, 2.75) is 95.9 Å². The molecule has 0 aromatic carbocycles. The van der Waals surface area contributed by atoms with E-state index in [-0.39, 0.29) is 11.8 Å². The molecule has 1 rings (SSSR count). The summed E-state index contributed by atoms with van der Waals surface area (Å²) < 4.78 is 0. The van der Waals surface area contributed by atoms with Gasteiger partial charge in [0.1, 0.15) is 6.10 Å². The largest absolute Gasteiger partial charge is 0.390 e. The third-order valence-electron chi connectivity index (χ3n) is 5.10. The van der Waals surface area contributed by atoms with Crippen molar-refractivity contribution in [1.82, 2.24) is 5.32 Å². The Morgan fingerprint density at radius 3 is 2.48 bits per heavy atom. The SMILES string of the molecule is C#CCC[C@H](N)C(=O)NC(CC1CCCCC1)[C@@H](O)[C@@H](O)CC(C)C. The first kappa shape index (κ1) is 22.0. The Balaban J connectivity index is 2.71. The zero-order chi connectivity index (χ0) is 18.8. The van der Waals surface area contributed by atoms with E-state index < -0.39 is 24.3 Å². The van der Waals surface area contributed by atoms with Crippen molar-refractivity contribution in [3.05, 3.63) is 0 Å². The number of aliphatic hydroxyl groups is 2. The molecule has 144 valence electrons. The molecule has 1 unspecified atom stereocenters. The Kier molecular flexibility index (Phi) is 10.1. The van der Waals surface area contributed by atoms with Gasteiger partial charge in [-0.1, -0.05) is 46.0 Å². The topological polar surface area (TPSA) is 95.6 Å². The van der Waals surface area contributed by atoms with Crippen LogP contribution in [0.1, 0.15) is 71.6 Å². The van der Waals surface area contributed by atoms with Crippen molar-refractivity contribution in [1.29, 1.82) is 0 Å². The zero-order valence-corrected chi connectivity index (χ0v) is 15.8. The normalized spacial score (nSPS) is 20.5. The number of aliphatic hydroxyl groups excluding tert-OH is 2. The van der Waals surface area contributed by atoms with Crippen LogP contribution in [0.5, 0.6) is 0 Å². The smallest absolute Gasteiger partial charge is 0.237 e. The summed E-state index contributed by atoms with van der Waals surface area (Å²) in [6.45, 7) is 4.00. The fourth-order valence-electron chi connectivity index (χ4n) is 3.62. The molecule has 5 N–H and O–H groups in total. The third-order valence-corrected chi connectivity index (χ3v) is 5.10. The summed E-state index contributed by atoms with van der Waals surface area (Å²) in [5.41, 5.74) is 5.89. The van der Waals surface area contributed by atoms with Crippen LogP contribution in [-0.4, -0.2) is 40.4 Å². The van der Waals surface area contributed by atoms with Crippen molar-refractivity contribution >= 4 is 5.91 Å². The number of nitrogens with two attached hydrogens (primary N) is 1. The summed E-state index contributed by atoms with van der Waals surface area (Å²) in [5.74, 6) is 2.93. The van der Waals surface area contributed by atoms with Crippen LogP contribution in [0.2, 0.25) is 0 Å². The Bertz CT molecular complexity index is 427. The van der Waals surface area contributed by atoms with E-state index in [0.29, 0.717) is 31.6 Å². The van der Waals surface area contributed by atoms with Crippen LogP contribution in [0.25, 0.3) is 0 Å². The van der Waals surface area contributed by atoms with Crippen molar-refractivity contribution < 1.29 is 15.0 Å².